The maximum absolute atomic E-state index is 12.1. The highest BCUT2D eigenvalue weighted by atomic mass is 32.2. The lowest BCUT2D eigenvalue weighted by molar-refractivity contribution is 0.204. The SMILES string of the molecule is C=C[C@@H]1CSC(=O)N1[C@@H](C(=C)C)c1ccccc1. The summed E-state index contributed by atoms with van der Waals surface area (Å²) in [6.45, 7) is 9.83. The summed E-state index contributed by atoms with van der Waals surface area (Å²) in [6, 6.07) is 10.1. The molecule has 0 bridgehead atoms. The largest absolute Gasteiger partial charge is 0.316 e. The van der Waals surface area contributed by atoms with Crippen molar-refractivity contribution >= 4 is 17.0 Å². The van der Waals surface area contributed by atoms with E-state index in [9.17, 15) is 4.79 Å². The molecule has 0 spiro atoms. The molecule has 1 fully saturated rings. The Morgan fingerprint density at radius 3 is 2.72 bits per heavy atom. The fourth-order valence-corrected chi connectivity index (χ4v) is 3.24. The van der Waals surface area contributed by atoms with Gasteiger partial charge in [0.2, 0.25) is 0 Å². The van der Waals surface area contributed by atoms with Crippen LogP contribution in [0.5, 0.6) is 0 Å². The van der Waals surface area contributed by atoms with Crippen molar-refractivity contribution in [2.45, 2.75) is 19.0 Å². The van der Waals surface area contributed by atoms with Gasteiger partial charge in [0.1, 0.15) is 0 Å². The van der Waals surface area contributed by atoms with E-state index in [1.807, 2.05) is 48.2 Å². The van der Waals surface area contributed by atoms with Crippen molar-refractivity contribution < 1.29 is 4.79 Å². The van der Waals surface area contributed by atoms with E-state index in [2.05, 4.69) is 13.2 Å². The normalized spacial score (nSPS) is 20.8. The van der Waals surface area contributed by atoms with Crippen LogP contribution in [-0.2, 0) is 0 Å². The van der Waals surface area contributed by atoms with Crippen LogP contribution in [0.4, 0.5) is 4.79 Å². The van der Waals surface area contributed by atoms with Crippen LogP contribution in [0.3, 0.4) is 0 Å². The van der Waals surface area contributed by atoms with Crippen molar-refractivity contribution in [3.63, 3.8) is 0 Å². The third kappa shape index (κ3) is 2.36. The molecule has 0 aliphatic carbocycles. The number of hydrogen-bond acceptors (Lipinski definition) is 2. The van der Waals surface area contributed by atoms with Gasteiger partial charge < -0.3 is 4.90 Å². The van der Waals surface area contributed by atoms with E-state index in [1.165, 1.54) is 11.8 Å². The zero-order valence-electron chi connectivity index (χ0n) is 10.5. The molecule has 1 aliphatic heterocycles. The molecule has 1 aromatic carbocycles. The fraction of sp³-hybridized carbons (Fsp3) is 0.267. The van der Waals surface area contributed by atoms with E-state index in [4.69, 9.17) is 0 Å². The number of amides is 1. The predicted molar refractivity (Wildman–Crippen MR) is 77.7 cm³/mol. The monoisotopic (exact) mass is 259 g/mol. The number of hydrogen-bond donors (Lipinski definition) is 0. The van der Waals surface area contributed by atoms with E-state index in [-0.39, 0.29) is 17.3 Å². The second kappa shape index (κ2) is 5.44. The molecular formula is C15H17NOS. The molecule has 18 heavy (non-hydrogen) atoms. The third-order valence-electron chi connectivity index (χ3n) is 3.08. The standard InChI is InChI=1S/C15H17NOS/c1-4-13-10-18-15(17)16(13)14(11(2)3)12-8-6-5-7-9-12/h4-9,13-14H,1-2,10H2,3H3/t13-,14+/m1/s1. The van der Waals surface area contributed by atoms with Crippen LogP contribution >= 0.6 is 11.8 Å². The van der Waals surface area contributed by atoms with Crippen molar-refractivity contribution in [3.05, 3.63) is 60.7 Å². The molecule has 2 nitrogen and oxygen atoms in total. The molecule has 1 amide bonds. The summed E-state index contributed by atoms with van der Waals surface area (Å²) in [4.78, 5) is 13.9. The molecule has 0 saturated carbocycles. The second-order valence-corrected chi connectivity index (χ2v) is 5.42. The Balaban J connectivity index is 2.39. The van der Waals surface area contributed by atoms with Crippen LogP contribution in [0, 0.1) is 0 Å². The summed E-state index contributed by atoms with van der Waals surface area (Å²) in [5.74, 6) is 0.777. The van der Waals surface area contributed by atoms with Crippen LogP contribution < -0.4 is 0 Å². The molecule has 94 valence electrons. The summed E-state index contributed by atoms with van der Waals surface area (Å²) in [7, 11) is 0. The van der Waals surface area contributed by atoms with Crippen molar-refractivity contribution in [3.8, 4) is 0 Å². The molecule has 1 aliphatic rings. The number of benzene rings is 1. The number of carbonyl (C=O) groups excluding carboxylic acids is 1. The molecule has 0 N–H and O–H groups in total. The molecule has 2 atom stereocenters. The van der Waals surface area contributed by atoms with Gasteiger partial charge in [-0.05, 0) is 12.5 Å². The van der Waals surface area contributed by atoms with Crippen molar-refractivity contribution in [1.29, 1.82) is 0 Å². The highest BCUT2D eigenvalue weighted by molar-refractivity contribution is 8.13. The number of rotatable bonds is 4. The molecule has 1 aromatic rings. The summed E-state index contributed by atoms with van der Waals surface area (Å²) in [5, 5.41) is 0.108. The maximum Gasteiger partial charge on any atom is 0.283 e. The third-order valence-corrected chi connectivity index (χ3v) is 4.04. The van der Waals surface area contributed by atoms with Gasteiger partial charge in [0.25, 0.3) is 5.24 Å². The Morgan fingerprint density at radius 2 is 2.17 bits per heavy atom. The van der Waals surface area contributed by atoms with Gasteiger partial charge in [-0.15, -0.1) is 6.58 Å². The first-order chi connectivity index (χ1) is 8.65. The molecular weight excluding hydrogens is 242 g/mol. The Morgan fingerprint density at radius 1 is 1.50 bits per heavy atom. The van der Waals surface area contributed by atoms with Crippen molar-refractivity contribution in [2.75, 3.05) is 5.75 Å². The van der Waals surface area contributed by atoms with Crippen LogP contribution in [0.1, 0.15) is 18.5 Å². The topological polar surface area (TPSA) is 20.3 Å². The van der Waals surface area contributed by atoms with Gasteiger partial charge in [-0.25, -0.2) is 0 Å². The van der Waals surface area contributed by atoms with Crippen LogP contribution in [0.15, 0.2) is 55.1 Å². The van der Waals surface area contributed by atoms with Gasteiger partial charge in [-0.2, -0.15) is 0 Å². The first-order valence-corrected chi connectivity index (χ1v) is 6.91. The second-order valence-electron chi connectivity index (χ2n) is 4.45. The van der Waals surface area contributed by atoms with Crippen LogP contribution in [0.2, 0.25) is 0 Å². The molecule has 2 rings (SSSR count). The molecule has 0 aromatic heterocycles. The van der Waals surface area contributed by atoms with E-state index in [0.717, 1.165) is 16.9 Å². The first-order valence-electron chi connectivity index (χ1n) is 5.93. The minimum Gasteiger partial charge on any atom is -0.316 e. The molecule has 0 unspecified atom stereocenters. The minimum atomic E-state index is -0.0586. The van der Waals surface area contributed by atoms with E-state index in [1.54, 1.807) is 0 Å². The summed E-state index contributed by atoms with van der Waals surface area (Å²) < 4.78 is 0. The zero-order chi connectivity index (χ0) is 13.1. The van der Waals surface area contributed by atoms with Gasteiger partial charge in [-0.1, -0.05) is 60.3 Å². The van der Waals surface area contributed by atoms with Gasteiger partial charge in [0, 0.05) is 5.75 Å². The smallest absolute Gasteiger partial charge is 0.283 e. The lowest BCUT2D eigenvalue weighted by Gasteiger charge is -2.32. The van der Waals surface area contributed by atoms with E-state index in [0.29, 0.717) is 0 Å². The van der Waals surface area contributed by atoms with Crippen LogP contribution in [0.25, 0.3) is 0 Å². The number of carbonyl (C=O) groups is 1. The highest BCUT2D eigenvalue weighted by Gasteiger charge is 2.36. The van der Waals surface area contributed by atoms with E-state index < -0.39 is 0 Å². The average Bonchev–Trinajstić information content (AvgIpc) is 2.72. The van der Waals surface area contributed by atoms with Crippen molar-refractivity contribution in [1.82, 2.24) is 4.90 Å². The van der Waals surface area contributed by atoms with Gasteiger partial charge >= 0.3 is 0 Å². The minimum absolute atomic E-state index is 0.0586. The lowest BCUT2D eigenvalue weighted by Crippen LogP contribution is -2.36. The average molecular weight is 259 g/mol. The molecule has 3 heteroatoms. The Bertz CT molecular complexity index is 469. The first kappa shape index (κ1) is 13.0. The summed E-state index contributed by atoms with van der Waals surface area (Å²) in [5.41, 5.74) is 2.08. The lowest BCUT2D eigenvalue weighted by atomic mass is 9.98. The highest BCUT2D eigenvalue weighted by Crippen LogP contribution is 2.37. The number of nitrogens with zero attached hydrogens (tertiary/aromatic N) is 1. The Labute approximate surface area is 112 Å². The molecule has 0 radical (unpaired) electrons. The van der Waals surface area contributed by atoms with Gasteiger partial charge in [0.05, 0.1) is 12.1 Å². The Kier molecular flexibility index (Phi) is 3.92. The van der Waals surface area contributed by atoms with E-state index >= 15 is 0 Å². The summed E-state index contributed by atoms with van der Waals surface area (Å²) >= 11 is 1.35. The molecule has 1 saturated heterocycles. The van der Waals surface area contributed by atoms with Crippen molar-refractivity contribution in [2.24, 2.45) is 0 Å². The summed E-state index contributed by atoms with van der Waals surface area (Å²) in [6.07, 6.45) is 1.84. The maximum atomic E-state index is 12.1. The quantitative estimate of drug-likeness (QED) is 0.761. The fourth-order valence-electron chi connectivity index (χ4n) is 2.24. The van der Waals surface area contributed by atoms with Crippen LogP contribution in [-0.4, -0.2) is 21.9 Å². The molecule has 1 heterocycles. The van der Waals surface area contributed by atoms with Gasteiger partial charge in [0.15, 0.2) is 0 Å². The number of thioether (sulfide) groups is 1. The Hall–Kier alpha value is -1.48. The predicted octanol–water partition coefficient (Wildman–Crippen LogP) is 4.03. The van der Waals surface area contributed by atoms with Gasteiger partial charge in [-0.3, -0.25) is 4.79 Å². The zero-order valence-corrected chi connectivity index (χ0v) is 11.3.